The molecule has 16 heavy (non-hydrogen) atoms. The number of nitrogens with zero attached hydrogens (tertiary/aromatic N) is 3. The van der Waals surface area contributed by atoms with Crippen LogP contribution in [0.4, 0.5) is 5.82 Å². The Morgan fingerprint density at radius 1 is 1.56 bits per heavy atom. The molecule has 4 nitrogen and oxygen atoms in total. The summed E-state index contributed by atoms with van der Waals surface area (Å²) in [7, 11) is 0. The third-order valence-corrected chi connectivity index (χ3v) is 2.97. The fourth-order valence-electron chi connectivity index (χ4n) is 2.03. The predicted molar refractivity (Wildman–Crippen MR) is 59.7 cm³/mol. The average Bonchev–Trinajstić information content (AvgIpc) is 2.39. The van der Waals surface area contributed by atoms with Gasteiger partial charge in [-0.2, -0.15) is 5.26 Å². The molecule has 1 aromatic rings. The summed E-state index contributed by atoms with van der Waals surface area (Å²) >= 11 is 0. The highest BCUT2D eigenvalue weighted by atomic mass is 16.1. The van der Waals surface area contributed by atoms with E-state index in [1.165, 1.54) is 0 Å². The molecular formula is C12H13N3O. The number of piperidine rings is 1. The fraction of sp³-hybridized carbons (Fsp3) is 0.417. The quantitative estimate of drug-likeness (QED) is 0.696. The SMILES string of the molecule is N#CC1CCN(c2ccccn2)CC1C=O. The molecule has 2 unspecified atom stereocenters. The van der Waals surface area contributed by atoms with Crippen LogP contribution in [0, 0.1) is 23.2 Å². The molecule has 0 bridgehead atoms. The van der Waals surface area contributed by atoms with E-state index in [0.29, 0.717) is 6.54 Å². The van der Waals surface area contributed by atoms with Crippen molar-refractivity contribution >= 4 is 12.1 Å². The minimum atomic E-state index is -0.194. The maximum Gasteiger partial charge on any atom is 0.128 e. The normalized spacial score (nSPS) is 24.8. The lowest BCUT2D eigenvalue weighted by Gasteiger charge is -2.33. The van der Waals surface area contributed by atoms with Gasteiger partial charge in [-0.15, -0.1) is 0 Å². The molecule has 1 fully saturated rings. The zero-order chi connectivity index (χ0) is 11.4. The highest BCUT2D eigenvalue weighted by molar-refractivity contribution is 5.57. The molecule has 0 radical (unpaired) electrons. The van der Waals surface area contributed by atoms with Gasteiger partial charge in [-0.25, -0.2) is 4.98 Å². The van der Waals surface area contributed by atoms with Gasteiger partial charge in [-0.3, -0.25) is 0 Å². The van der Waals surface area contributed by atoms with Gasteiger partial charge in [-0.1, -0.05) is 6.07 Å². The van der Waals surface area contributed by atoms with Crippen molar-refractivity contribution in [1.29, 1.82) is 5.26 Å². The number of aromatic nitrogens is 1. The Morgan fingerprint density at radius 3 is 3.06 bits per heavy atom. The van der Waals surface area contributed by atoms with Crippen LogP contribution in [0.3, 0.4) is 0 Å². The summed E-state index contributed by atoms with van der Waals surface area (Å²) in [6.45, 7) is 1.39. The molecule has 2 atom stereocenters. The number of carbonyl (C=O) groups is 1. The zero-order valence-electron chi connectivity index (χ0n) is 8.91. The van der Waals surface area contributed by atoms with E-state index in [1.54, 1.807) is 6.20 Å². The minimum Gasteiger partial charge on any atom is -0.356 e. The Morgan fingerprint density at radius 2 is 2.44 bits per heavy atom. The van der Waals surface area contributed by atoms with E-state index in [9.17, 15) is 4.79 Å². The molecule has 1 saturated heterocycles. The Hall–Kier alpha value is -1.89. The molecule has 0 aliphatic carbocycles. The standard InChI is InChI=1S/C12H13N3O/c13-7-10-4-6-15(8-11(10)9-16)12-3-1-2-5-14-12/h1-3,5,9-11H,4,6,8H2. The minimum absolute atomic E-state index is 0.141. The first kappa shape index (κ1) is 10.6. The monoisotopic (exact) mass is 215 g/mol. The van der Waals surface area contributed by atoms with Crippen LogP contribution >= 0.6 is 0 Å². The van der Waals surface area contributed by atoms with Crippen LogP contribution in [0.5, 0.6) is 0 Å². The van der Waals surface area contributed by atoms with Crippen molar-refractivity contribution in [2.45, 2.75) is 6.42 Å². The van der Waals surface area contributed by atoms with Crippen LogP contribution < -0.4 is 4.90 Å². The van der Waals surface area contributed by atoms with Gasteiger partial charge in [-0.05, 0) is 18.6 Å². The summed E-state index contributed by atoms with van der Waals surface area (Å²) in [5.41, 5.74) is 0. The number of pyridine rings is 1. The second-order valence-corrected chi connectivity index (χ2v) is 3.96. The number of hydrogen-bond acceptors (Lipinski definition) is 4. The first-order chi connectivity index (χ1) is 7.85. The predicted octanol–water partition coefficient (Wildman–Crippen LogP) is 1.25. The van der Waals surface area contributed by atoms with E-state index in [4.69, 9.17) is 5.26 Å². The topological polar surface area (TPSA) is 57.0 Å². The van der Waals surface area contributed by atoms with E-state index in [0.717, 1.165) is 25.1 Å². The lowest BCUT2D eigenvalue weighted by atomic mass is 9.88. The third-order valence-electron chi connectivity index (χ3n) is 2.97. The van der Waals surface area contributed by atoms with Crippen molar-refractivity contribution < 1.29 is 4.79 Å². The van der Waals surface area contributed by atoms with Crippen molar-refractivity contribution in [2.75, 3.05) is 18.0 Å². The number of nitriles is 1. The van der Waals surface area contributed by atoms with Crippen LogP contribution in [0.2, 0.25) is 0 Å². The van der Waals surface area contributed by atoms with Gasteiger partial charge in [0.25, 0.3) is 0 Å². The van der Waals surface area contributed by atoms with Crippen LogP contribution in [-0.4, -0.2) is 24.4 Å². The number of aldehydes is 1. The number of hydrogen-bond donors (Lipinski definition) is 0. The van der Waals surface area contributed by atoms with Crippen LogP contribution in [0.1, 0.15) is 6.42 Å². The highest BCUT2D eigenvalue weighted by Crippen LogP contribution is 2.24. The fourth-order valence-corrected chi connectivity index (χ4v) is 2.03. The molecule has 1 aliphatic rings. The number of anilines is 1. The summed E-state index contributed by atoms with van der Waals surface area (Å²) in [5, 5.41) is 8.91. The van der Waals surface area contributed by atoms with Crippen molar-refractivity contribution in [1.82, 2.24) is 4.98 Å². The molecule has 2 heterocycles. The second-order valence-electron chi connectivity index (χ2n) is 3.96. The van der Waals surface area contributed by atoms with Gasteiger partial charge >= 0.3 is 0 Å². The molecule has 0 aromatic carbocycles. The molecule has 1 aliphatic heterocycles. The van der Waals surface area contributed by atoms with Gasteiger partial charge in [0.15, 0.2) is 0 Å². The van der Waals surface area contributed by atoms with Gasteiger partial charge in [0, 0.05) is 25.2 Å². The summed E-state index contributed by atoms with van der Waals surface area (Å²) < 4.78 is 0. The lowest BCUT2D eigenvalue weighted by Crippen LogP contribution is -2.41. The van der Waals surface area contributed by atoms with Crippen molar-refractivity contribution in [3.8, 4) is 6.07 Å². The van der Waals surface area contributed by atoms with E-state index < -0.39 is 0 Å². The Balaban J connectivity index is 2.11. The largest absolute Gasteiger partial charge is 0.356 e. The summed E-state index contributed by atoms with van der Waals surface area (Å²) in [6.07, 6.45) is 3.36. The van der Waals surface area contributed by atoms with Crippen LogP contribution in [0.25, 0.3) is 0 Å². The van der Waals surface area contributed by atoms with E-state index >= 15 is 0 Å². The third kappa shape index (κ3) is 2.03. The van der Waals surface area contributed by atoms with Crippen LogP contribution in [-0.2, 0) is 4.79 Å². The maximum absolute atomic E-state index is 10.9. The molecule has 0 spiro atoms. The summed E-state index contributed by atoms with van der Waals surface area (Å²) in [5.74, 6) is 0.545. The lowest BCUT2D eigenvalue weighted by molar-refractivity contribution is -0.112. The first-order valence-electron chi connectivity index (χ1n) is 5.36. The van der Waals surface area contributed by atoms with E-state index in [1.807, 2.05) is 18.2 Å². The molecule has 0 amide bonds. The zero-order valence-corrected chi connectivity index (χ0v) is 8.91. The Bertz CT molecular complexity index is 398. The molecule has 82 valence electrons. The van der Waals surface area contributed by atoms with Crippen molar-refractivity contribution in [3.05, 3.63) is 24.4 Å². The smallest absolute Gasteiger partial charge is 0.128 e. The second kappa shape index (κ2) is 4.75. The number of rotatable bonds is 2. The molecule has 1 aromatic heterocycles. The van der Waals surface area contributed by atoms with E-state index in [2.05, 4.69) is 16.0 Å². The average molecular weight is 215 g/mol. The van der Waals surface area contributed by atoms with Gasteiger partial charge in [0.2, 0.25) is 0 Å². The molecule has 0 N–H and O–H groups in total. The molecule has 2 rings (SSSR count). The van der Waals surface area contributed by atoms with Crippen LogP contribution in [0.15, 0.2) is 24.4 Å². The summed E-state index contributed by atoms with van der Waals surface area (Å²) in [4.78, 5) is 17.2. The number of carbonyl (C=O) groups excluding carboxylic acids is 1. The van der Waals surface area contributed by atoms with Gasteiger partial charge < -0.3 is 9.69 Å². The van der Waals surface area contributed by atoms with Gasteiger partial charge in [0.1, 0.15) is 12.1 Å². The first-order valence-corrected chi connectivity index (χ1v) is 5.36. The molecule has 0 saturated carbocycles. The van der Waals surface area contributed by atoms with Crippen molar-refractivity contribution in [2.24, 2.45) is 11.8 Å². The maximum atomic E-state index is 10.9. The molecular weight excluding hydrogens is 202 g/mol. The van der Waals surface area contributed by atoms with E-state index in [-0.39, 0.29) is 11.8 Å². The van der Waals surface area contributed by atoms with Gasteiger partial charge in [0.05, 0.1) is 12.0 Å². The Kier molecular flexibility index (Phi) is 3.16. The van der Waals surface area contributed by atoms with Crippen molar-refractivity contribution in [3.63, 3.8) is 0 Å². The Labute approximate surface area is 94.5 Å². The molecule has 4 heteroatoms. The highest BCUT2D eigenvalue weighted by Gasteiger charge is 2.29. The summed E-state index contributed by atoms with van der Waals surface area (Å²) in [6, 6.07) is 7.91.